The number of halogens is 3. The van der Waals surface area contributed by atoms with Crippen molar-refractivity contribution in [1.29, 1.82) is 0 Å². The molecule has 110 valence electrons. The number of hydrogen-bond donors (Lipinski definition) is 2. The minimum absolute atomic E-state index is 0.0502. The van der Waals surface area contributed by atoms with Crippen molar-refractivity contribution in [3.05, 3.63) is 0 Å². The molecule has 0 aromatic carbocycles. The molecule has 0 saturated carbocycles. The summed E-state index contributed by atoms with van der Waals surface area (Å²) in [4.78, 5) is 13.1. The molecule has 0 aromatic heterocycles. The molecular weight excluding hydrogens is 263 g/mol. The molecule has 0 aromatic rings. The van der Waals surface area contributed by atoms with E-state index in [4.69, 9.17) is 5.21 Å². The Balaban J connectivity index is 2.40. The lowest BCUT2D eigenvalue weighted by atomic mass is 9.93. The van der Waals surface area contributed by atoms with E-state index >= 15 is 0 Å². The van der Waals surface area contributed by atoms with Crippen LogP contribution in [0.4, 0.5) is 13.2 Å². The van der Waals surface area contributed by atoms with Crippen LogP contribution in [0.1, 0.15) is 19.8 Å². The van der Waals surface area contributed by atoms with Crippen molar-refractivity contribution in [1.82, 2.24) is 10.2 Å². The monoisotopic (exact) mass is 281 g/mol. The van der Waals surface area contributed by atoms with Gasteiger partial charge in [0.2, 0.25) is 5.91 Å². The van der Waals surface area contributed by atoms with Crippen LogP contribution in [0.25, 0.3) is 0 Å². The van der Waals surface area contributed by atoms with E-state index < -0.39 is 18.6 Å². The molecule has 2 N–H and O–H groups in total. The molecule has 0 bridgehead atoms. The fourth-order valence-electron chi connectivity index (χ4n) is 2.08. The fraction of sp³-hybridized carbons (Fsp3) is 0.818. The molecule has 0 radical (unpaired) electrons. The Morgan fingerprint density at radius 3 is 2.79 bits per heavy atom. The molecular formula is C11H18F3N3O2. The van der Waals surface area contributed by atoms with Gasteiger partial charge in [-0.3, -0.25) is 9.69 Å². The van der Waals surface area contributed by atoms with Crippen LogP contribution in [0.15, 0.2) is 5.16 Å². The van der Waals surface area contributed by atoms with Crippen LogP contribution >= 0.6 is 0 Å². The molecule has 1 rings (SSSR count). The van der Waals surface area contributed by atoms with Gasteiger partial charge in [-0.25, -0.2) is 0 Å². The molecule has 1 aliphatic rings. The van der Waals surface area contributed by atoms with Gasteiger partial charge in [0.15, 0.2) is 0 Å². The highest BCUT2D eigenvalue weighted by atomic mass is 19.4. The zero-order chi connectivity index (χ0) is 14.5. The highest BCUT2D eigenvalue weighted by Gasteiger charge is 2.29. The fourth-order valence-corrected chi connectivity index (χ4v) is 2.08. The number of piperidine rings is 1. The zero-order valence-corrected chi connectivity index (χ0v) is 10.7. The molecule has 0 aliphatic carbocycles. The van der Waals surface area contributed by atoms with Crippen molar-refractivity contribution in [2.24, 2.45) is 11.1 Å². The van der Waals surface area contributed by atoms with E-state index in [2.05, 4.69) is 5.16 Å². The maximum absolute atomic E-state index is 11.9. The first-order chi connectivity index (χ1) is 8.85. The minimum atomic E-state index is -4.39. The van der Waals surface area contributed by atoms with Crippen LogP contribution in [-0.2, 0) is 4.79 Å². The van der Waals surface area contributed by atoms with Gasteiger partial charge in [0.25, 0.3) is 0 Å². The van der Waals surface area contributed by atoms with Gasteiger partial charge in [0.1, 0.15) is 6.54 Å². The van der Waals surface area contributed by atoms with E-state index in [1.807, 2.05) is 12.2 Å². The van der Waals surface area contributed by atoms with E-state index in [1.54, 1.807) is 4.90 Å². The number of carbonyl (C=O) groups excluding carboxylic acids is 1. The van der Waals surface area contributed by atoms with E-state index in [-0.39, 0.29) is 12.5 Å². The van der Waals surface area contributed by atoms with Gasteiger partial charge in [-0.15, -0.1) is 0 Å². The van der Waals surface area contributed by atoms with Crippen LogP contribution in [0.2, 0.25) is 0 Å². The third-order valence-corrected chi connectivity index (χ3v) is 3.11. The van der Waals surface area contributed by atoms with Gasteiger partial charge >= 0.3 is 6.18 Å². The van der Waals surface area contributed by atoms with E-state index in [0.717, 1.165) is 6.42 Å². The van der Waals surface area contributed by atoms with Gasteiger partial charge < -0.3 is 10.5 Å². The number of amides is 1. The summed E-state index contributed by atoms with van der Waals surface area (Å²) in [6.07, 6.45) is -3.10. The average molecular weight is 281 g/mol. The second kappa shape index (κ2) is 6.74. The van der Waals surface area contributed by atoms with Crippen molar-refractivity contribution in [2.75, 3.05) is 26.2 Å². The number of hydrogen-bond acceptors (Lipinski definition) is 4. The van der Waals surface area contributed by atoms with Gasteiger partial charge in [-0.05, 0) is 6.42 Å². The van der Waals surface area contributed by atoms with E-state index in [9.17, 15) is 18.0 Å². The highest BCUT2D eigenvalue weighted by Crippen LogP contribution is 2.17. The van der Waals surface area contributed by atoms with Crippen molar-refractivity contribution in [3.63, 3.8) is 0 Å². The number of nitrogens with zero attached hydrogens (tertiary/aromatic N) is 2. The predicted molar refractivity (Wildman–Crippen MR) is 63.1 cm³/mol. The maximum Gasteiger partial charge on any atom is 0.405 e. The quantitative estimate of drug-likeness (QED) is 0.601. The zero-order valence-electron chi connectivity index (χ0n) is 10.7. The Morgan fingerprint density at radius 2 is 2.26 bits per heavy atom. The first-order valence-electron chi connectivity index (χ1n) is 6.12. The van der Waals surface area contributed by atoms with E-state index in [1.165, 1.54) is 0 Å². The molecule has 0 spiro atoms. The second-order valence-corrected chi connectivity index (χ2v) is 4.57. The van der Waals surface area contributed by atoms with Crippen molar-refractivity contribution in [2.45, 2.75) is 25.9 Å². The van der Waals surface area contributed by atoms with E-state index in [0.29, 0.717) is 25.2 Å². The number of alkyl halides is 3. The molecule has 1 unspecified atom stereocenters. The third-order valence-electron chi connectivity index (χ3n) is 3.11. The average Bonchev–Trinajstić information content (AvgIpc) is 2.35. The Kier molecular flexibility index (Phi) is 5.59. The number of likely N-dealkylation sites (tertiary alicyclic amines) is 1. The first kappa shape index (κ1) is 15.7. The molecule has 19 heavy (non-hydrogen) atoms. The van der Waals surface area contributed by atoms with Gasteiger partial charge in [0.05, 0.1) is 12.3 Å². The summed E-state index contributed by atoms with van der Waals surface area (Å²) >= 11 is 0. The lowest BCUT2D eigenvalue weighted by Gasteiger charge is -2.32. The topological polar surface area (TPSA) is 64.9 Å². The van der Waals surface area contributed by atoms with Crippen LogP contribution in [0.5, 0.6) is 0 Å². The normalized spacial score (nSPS) is 23.6. The summed E-state index contributed by atoms with van der Waals surface area (Å²) in [6.45, 7) is 1.60. The largest absolute Gasteiger partial charge is 0.411 e. The summed E-state index contributed by atoms with van der Waals surface area (Å²) in [7, 11) is 0. The summed E-state index contributed by atoms with van der Waals surface area (Å²) in [6, 6.07) is 0. The SMILES string of the molecule is CCC1CN(CC(=O)NCC(F)(F)F)CCC1=NO. The Labute approximate surface area is 109 Å². The van der Waals surface area contributed by atoms with Crippen molar-refractivity contribution in [3.8, 4) is 0 Å². The molecule has 1 fully saturated rings. The summed E-state index contributed by atoms with van der Waals surface area (Å²) < 4.78 is 35.8. The molecule has 1 heterocycles. The number of carbonyl (C=O) groups is 1. The number of nitrogens with one attached hydrogen (secondary N) is 1. The van der Waals surface area contributed by atoms with Gasteiger partial charge in [-0.2, -0.15) is 13.2 Å². The van der Waals surface area contributed by atoms with Crippen LogP contribution in [-0.4, -0.2) is 54.1 Å². The maximum atomic E-state index is 11.9. The highest BCUT2D eigenvalue weighted by molar-refractivity contribution is 5.87. The second-order valence-electron chi connectivity index (χ2n) is 4.57. The third kappa shape index (κ3) is 5.46. The smallest absolute Gasteiger partial charge is 0.405 e. The lowest BCUT2D eigenvalue weighted by Crippen LogP contribution is -2.46. The van der Waals surface area contributed by atoms with Crippen LogP contribution in [0.3, 0.4) is 0 Å². The molecule has 1 saturated heterocycles. The van der Waals surface area contributed by atoms with Crippen molar-refractivity contribution < 1.29 is 23.2 Å². The Bertz CT molecular complexity index is 345. The summed E-state index contributed by atoms with van der Waals surface area (Å²) in [5, 5.41) is 13.9. The minimum Gasteiger partial charge on any atom is -0.411 e. The predicted octanol–water partition coefficient (Wildman–Crippen LogP) is 1.23. The van der Waals surface area contributed by atoms with Crippen LogP contribution < -0.4 is 5.32 Å². The summed E-state index contributed by atoms with van der Waals surface area (Å²) in [5.74, 6) is -0.592. The number of oxime groups is 1. The first-order valence-corrected chi connectivity index (χ1v) is 6.12. The molecule has 1 aliphatic heterocycles. The molecule has 5 nitrogen and oxygen atoms in total. The van der Waals surface area contributed by atoms with Gasteiger partial charge in [0, 0.05) is 25.4 Å². The molecule has 1 amide bonds. The Morgan fingerprint density at radius 1 is 1.58 bits per heavy atom. The summed E-state index contributed by atoms with van der Waals surface area (Å²) in [5.41, 5.74) is 0.689. The van der Waals surface area contributed by atoms with Crippen molar-refractivity contribution >= 4 is 11.6 Å². The number of rotatable bonds is 4. The standard InChI is InChI=1S/C11H18F3N3O2/c1-2-8-5-17(4-3-9(8)16-19)6-10(18)15-7-11(12,13)14/h8,19H,2-7H2,1H3,(H,15,18). The Hall–Kier alpha value is -1.31. The molecule has 8 heteroatoms. The molecule has 1 atom stereocenters. The van der Waals surface area contributed by atoms with Crippen LogP contribution in [0, 0.1) is 5.92 Å². The van der Waals surface area contributed by atoms with Gasteiger partial charge in [-0.1, -0.05) is 12.1 Å². The lowest BCUT2D eigenvalue weighted by molar-refractivity contribution is -0.139.